The van der Waals surface area contributed by atoms with E-state index in [0.29, 0.717) is 12.6 Å². The molecule has 2 nitrogen and oxygen atoms in total. The number of para-hydroxylation sites is 1. The fourth-order valence-electron chi connectivity index (χ4n) is 2.79. The lowest BCUT2D eigenvalue weighted by Crippen LogP contribution is -2.14. The summed E-state index contributed by atoms with van der Waals surface area (Å²) in [5, 5.41) is 3.75. The zero-order chi connectivity index (χ0) is 14.7. The maximum Gasteiger partial charge on any atom is 0.0733 e. The molecule has 1 aliphatic carbocycles. The predicted molar refractivity (Wildman–Crippen MR) is 87.4 cm³/mol. The van der Waals surface area contributed by atoms with Crippen molar-refractivity contribution in [3.63, 3.8) is 0 Å². The van der Waals surface area contributed by atoms with Crippen molar-refractivity contribution < 1.29 is 4.74 Å². The molecule has 110 valence electrons. The second-order valence-corrected chi connectivity index (χ2v) is 5.96. The SMILES string of the molecule is COCc1ccccc1NC(c1ccc(C)cc1)C1CC1. The molecule has 2 aromatic carbocycles. The van der Waals surface area contributed by atoms with Crippen molar-refractivity contribution in [3.05, 3.63) is 65.2 Å². The maximum atomic E-state index is 5.31. The number of methoxy groups -OCH3 is 1. The summed E-state index contributed by atoms with van der Waals surface area (Å²) in [5.41, 5.74) is 5.11. The lowest BCUT2D eigenvalue weighted by Gasteiger charge is -2.22. The molecule has 2 heteroatoms. The van der Waals surface area contributed by atoms with Crippen molar-refractivity contribution in [1.82, 2.24) is 0 Å². The Morgan fingerprint density at radius 1 is 1.10 bits per heavy atom. The van der Waals surface area contributed by atoms with E-state index in [-0.39, 0.29) is 0 Å². The number of aryl methyl sites for hydroxylation is 1. The summed E-state index contributed by atoms with van der Waals surface area (Å²) < 4.78 is 5.31. The summed E-state index contributed by atoms with van der Waals surface area (Å²) in [7, 11) is 1.75. The Balaban J connectivity index is 1.84. The lowest BCUT2D eigenvalue weighted by atomic mass is 10.00. The first-order valence-electron chi connectivity index (χ1n) is 7.68. The molecule has 0 saturated heterocycles. The fourth-order valence-corrected chi connectivity index (χ4v) is 2.79. The third kappa shape index (κ3) is 3.45. The molecule has 1 fully saturated rings. The highest BCUT2D eigenvalue weighted by Crippen LogP contribution is 2.43. The van der Waals surface area contributed by atoms with Gasteiger partial charge in [-0.05, 0) is 37.3 Å². The molecule has 2 aromatic rings. The van der Waals surface area contributed by atoms with Crippen LogP contribution in [0.5, 0.6) is 0 Å². The Labute approximate surface area is 127 Å². The van der Waals surface area contributed by atoms with E-state index < -0.39 is 0 Å². The number of anilines is 1. The van der Waals surface area contributed by atoms with E-state index in [2.05, 4.69) is 60.8 Å². The Morgan fingerprint density at radius 2 is 1.81 bits per heavy atom. The molecule has 3 rings (SSSR count). The summed E-state index contributed by atoms with van der Waals surface area (Å²) in [6.45, 7) is 2.78. The van der Waals surface area contributed by atoms with E-state index >= 15 is 0 Å². The number of hydrogen-bond donors (Lipinski definition) is 1. The van der Waals surface area contributed by atoms with E-state index in [1.807, 2.05) is 0 Å². The summed E-state index contributed by atoms with van der Waals surface area (Å²) in [4.78, 5) is 0. The van der Waals surface area contributed by atoms with Crippen LogP contribution >= 0.6 is 0 Å². The van der Waals surface area contributed by atoms with Crippen molar-refractivity contribution in [1.29, 1.82) is 0 Å². The molecule has 1 N–H and O–H groups in total. The first-order chi connectivity index (χ1) is 10.3. The quantitative estimate of drug-likeness (QED) is 0.828. The first-order valence-corrected chi connectivity index (χ1v) is 7.68. The average molecular weight is 281 g/mol. The molecule has 0 spiro atoms. The maximum absolute atomic E-state index is 5.31. The topological polar surface area (TPSA) is 21.3 Å². The predicted octanol–water partition coefficient (Wildman–Crippen LogP) is 4.70. The molecular weight excluding hydrogens is 258 g/mol. The van der Waals surface area contributed by atoms with Gasteiger partial charge in [0, 0.05) is 18.4 Å². The number of rotatable bonds is 6. The zero-order valence-electron chi connectivity index (χ0n) is 12.8. The number of benzene rings is 2. The highest BCUT2D eigenvalue weighted by atomic mass is 16.5. The van der Waals surface area contributed by atoms with Crippen LogP contribution < -0.4 is 5.32 Å². The molecule has 0 heterocycles. The van der Waals surface area contributed by atoms with Gasteiger partial charge in [0.1, 0.15) is 0 Å². The van der Waals surface area contributed by atoms with Crippen LogP contribution in [0.15, 0.2) is 48.5 Å². The van der Waals surface area contributed by atoms with Crippen LogP contribution in [-0.2, 0) is 11.3 Å². The molecule has 21 heavy (non-hydrogen) atoms. The van der Waals surface area contributed by atoms with Crippen LogP contribution in [0.25, 0.3) is 0 Å². The number of nitrogens with one attached hydrogen (secondary N) is 1. The highest BCUT2D eigenvalue weighted by Gasteiger charge is 2.32. The second-order valence-electron chi connectivity index (χ2n) is 5.96. The summed E-state index contributed by atoms with van der Waals surface area (Å²) in [6, 6.07) is 17.7. The largest absolute Gasteiger partial charge is 0.380 e. The smallest absolute Gasteiger partial charge is 0.0733 e. The van der Waals surface area contributed by atoms with E-state index in [1.54, 1.807) is 7.11 Å². The van der Waals surface area contributed by atoms with Crippen LogP contribution in [0.2, 0.25) is 0 Å². The minimum absolute atomic E-state index is 0.406. The van der Waals surface area contributed by atoms with Crippen LogP contribution in [-0.4, -0.2) is 7.11 Å². The first kappa shape index (κ1) is 14.2. The molecule has 0 radical (unpaired) electrons. The van der Waals surface area contributed by atoms with Crippen LogP contribution in [0.1, 0.15) is 35.6 Å². The monoisotopic (exact) mass is 281 g/mol. The molecule has 1 unspecified atom stereocenters. The third-order valence-electron chi connectivity index (χ3n) is 4.16. The van der Waals surface area contributed by atoms with Crippen LogP contribution in [0.4, 0.5) is 5.69 Å². The normalized spacial score (nSPS) is 15.7. The zero-order valence-corrected chi connectivity index (χ0v) is 12.8. The van der Waals surface area contributed by atoms with E-state index in [9.17, 15) is 0 Å². The minimum atomic E-state index is 0.406. The van der Waals surface area contributed by atoms with Gasteiger partial charge < -0.3 is 10.1 Å². The molecule has 0 bridgehead atoms. The van der Waals surface area contributed by atoms with Gasteiger partial charge in [-0.3, -0.25) is 0 Å². The molecule has 0 aromatic heterocycles. The van der Waals surface area contributed by atoms with Gasteiger partial charge in [-0.1, -0.05) is 48.0 Å². The standard InChI is InChI=1S/C19H23NO/c1-14-7-9-15(10-8-14)19(16-11-12-16)20-18-6-4-3-5-17(18)13-21-2/h3-10,16,19-20H,11-13H2,1-2H3. The van der Waals surface area contributed by atoms with Gasteiger partial charge in [0.15, 0.2) is 0 Å². The van der Waals surface area contributed by atoms with Crippen molar-refractivity contribution in [2.75, 3.05) is 12.4 Å². The van der Waals surface area contributed by atoms with Gasteiger partial charge in [0.2, 0.25) is 0 Å². The van der Waals surface area contributed by atoms with Crippen molar-refractivity contribution in [2.45, 2.75) is 32.4 Å². The average Bonchev–Trinajstić information content (AvgIpc) is 3.32. The Hall–Kier alpha value is -1.80. The lowest BCUT2D eigenvalue weighted by molar-refractivity contribution is 0.185. The molecule has 0 amide bonds. The summed E-state index contributed by atoms with van der Waals surface area (Å²) in [5.74, 6) is 0.753. The van der Waals surface area contributed by atoms with Gasteiger partial charge >= 0.3 is 0 Å². The second kappa shape index (κ2) is 6.31. The van der Waals surface area contributed by atoms with Gasteiger partial charge in [-0.25, -0.2) is 0 Å². The van der Waals surface area contributed by atoms with Crippen LogP contribution in [0.3, 0.4) is 0 Å². The van der Waals surface area contributed by atoms with Crippen molar-refractivity contribution in [3.8, 4) is 0 Å². The van der Waals surface area contributed by atoms with Gasteiger partial charge in [-0.15, -0.1) is 0 Å². The molecule has 1 aliphatic rings. The molecule has 1 saturated carbocycles. The van der Waals surface area contributed by atoms with Gasteiger partial charge in [0.05, 0.1) is 12.6 Å². The Bertz CT molecular complexity index is 587. The van der Waals surface area contributed by atoms with E-state index in [1.165, 1.54) is 35.2 Å². The van der Waals surface area contributed by atoms with E-state index in [4.69, 9.17) is 4.74 Å². The van der Waals surface area contributed by atoms with Gasteiger partial charge in [-0.2, -0.15) is 0 Å². The third-order valence-corrected chi connectivity index (χ3v) is 4.16. The minimum Gasteiger partial charge on any atom is -0.380 e. The number of hydrogen-bond acceptors (Lipinski definition) is 2. The number of ether oxygens (including phenoxy) is 1. The molecule has 0 aliphatic heterocycles. The summed E-state index contributed by atoms with van der Waals surface area (Å²) in [6.07, 6.45) is 2.63. The molecular formula is C19H23NO. The van der Waals surface area contributed by atoms with Crippen molar-refractivity contribution >= 4 is 5.69 Å². The van der Waals surface area contributed by atoms with Crippen molar-refractivity contribution in [2.24, 2.45) is 5.92 Å². The Morgan fingerprint density at radius 3 is 2.48 bits per heavy atom. The highest BCUT2D eigenvalue weighted by molar-refractivity contribution is 5.53. The fraction of sp³-hybridized carbons (Fsp3) is 0.368. The molecule has 1 atom stereocenters. The van der Waals surface area contributed by atoms with Gasteiger partial charge in [0.25, 0.3) is 0 Å². The van der Waals surface area contributed by atoms with Crippen LogP contribution in [0, 0.1) is 12.8 Å². The van der Waals surface area contributed by atoms with E-state index in [0.717, 1.165) is 5.92 Å². The summed E-state index contributed by atoms with van der Waals surface area (Å²) >= 11 is 0. The Kier molecular flexibility index (Phi) is 4.26.